The van der Waals surface area contributed by atoms with E-state index in [9.17, 15) is 4.79 Å². The third kappa shape index (κ3) is 3.67. The van der Waals surface area contributed by atoms with Gasteiger partial charge in [-0.15, -0.1) is 0 Å². The van der Waals surface area contributed by atoms with Gasteiger partial charge in [0.25, 0.3) is 0 Å². The summed E-state index contributed by atoms with van der Waals surface area (Å²) in [6.45, 7) is 11.9. The summed E-state index contributed by atoms with van der Waals surface area (Å²) in [4.78, 5) is 13.2. The second kappa shape index (κ2) is 6.14. The van der Waals surface area contributed by atoms with Crippen molar-refractivity contribution in [2.24, 2.45) is 0 Å². The third-order valence-electron chi connectivity index (χ3n) is 3.76. The Morgan fingerprint density at radius 3 is 2.06 bits per heavy atom. The average Bonchev–Trinajstić information content (AvgIpc) is 2.25. The normalized spacial score (nSPS) is 11.1. The maximum atomic E-state index is 11.1. The van der Waals surface area contributed by atoms with E-state index >= 15 is 0 Å². The van der Waals surface area contributed by atoms with Crippen molar-refractivity contribution in [3.05, 3.63) is 33.9 Å². The van der Waals surface area contributed by atoms with E-state index in [4.69, 9.17) is 0 Å². The van der Waals surface area contributed by atoms with Crippen LogP contribution >= 0.6 is 0 Å². The molecule has 0 heterocycles. The fraction of sp³-hybridized carbons (Fsp3) is 0.562. The van der Waals surface area contributed by atoms with Crippen LogP contribution in [0, 0.1) is 27.7 Å². The number of rotatable bonds is 5. The minimum absolute atomic E-state index is 0.228. The predicted molar refractivity (Wildman–Crippen MR) is 77.3 cm³/mol. The molecular formula is C16H25NO. The van der Waals surface area contributed by atoms with Crippen molar-refractivity contribution < 1.29 is 4.79 Å². The number of likely N-dealkylation sites (N-methyl/N-ethyl adjacent to an activating group) is 1. The third-order valence-corrected chi connectivity index (χ3v) is 3.76. The number of Topliss-reactive ketones (excluding diaryl/α,β-unsaturated/α-hetero) is 1. The van der Waals surface area contributed by atoms with E-state index in [0.29, 0.717) is 6.54 Å². The molecule has 0 radical (unpaired) electrons. The molecule has 0 saturated heterocycles. The SMILES string of the molecule is CC(=O)CN(C)CCc1c(C)c(C)cc(C)c1C. The highest BCUT2D eigenvalue weighted by molar-refractivity contribution is 5.77. The van der Waals surface area contributed by atoms with Crippen molar-refractivity contribution in [3.63, 3.8) is 0 Å². The molecule has 1 aromatic carbocycles. The molecule has 0 amide bonds. The molecule has 0 saturated carbocycles. The first kappa shape index (κ1) is 14.9. The van der Waals surface area contributed by atoms with Crippen LogP contribution in [0.3, 0.4) is 0 Å². The number of nitrogens with zero attached hydrogens (tertiary/aromatic N) is 1. The molecule has 0 spiro atoms. The van der Waals surface area contributed by atoms with Crippen molar-refractivity contribution >= 4 is 5.78 Å². The number of hydrogen-bond donors (Lipinski definition) is 0. The summed E-state index contributed by atoms with van der Waals surface area (Å²) in [5.74, 6) is 0.228. The minimum atomic E-state index is 0.228. The van der Waals surface area contributed by atoms with Gasteiger partial charge >= 0.3 is 0 Å². The summed E-state index contributed by atoms with van der Waals surface area (Å²) < 4.78 is 0. The van der Waals surface area contributed by atoms with E-state index in [1.807, 2.05) is 7.05 Å². The Kier molecular flexibility index (Phi) is 5.09. The summed E-state index contributed by atoms with van der Waals surface area (Å²) in [7, 11) is 2.01. The maximum absolute atomic E-state index is 11.1. The Labute approximate surface area is 111 Å². The van der Waals surface area contributed by atoms with Gasteiger partial charge in [-0.05, 0) is 75.9 Å². The maximum Gasteiger partial charge on any atom is 0.143 e. The molecule has 0 aromatic heterocycles. The van der Waals surface area contributed by atoms with Crippen LogP contribution in [0.1, 0.15) is 34.7 Å². The summed E-state index contributed by atoms with van der Waals surface area (Å²) in [5.41, 5.74) is 6.97. The highest BCUT2D eigenvalue weighted by atomic mass is 16.1. The molecule has 2 nitrogen and oxygen atoms in total. The van der Waals surface area contributed by atoms with Crippen LogP contribution < -0.4 is 0 Å². The molecule has 0 aliphatic heterocycles. The zero-order valence-corrected chi connectivity index (χ0v) is 12.6. The van der Waals surface area contributed by atoms with Crippen molar-refractivity contribution in [1.82, 2.24) is 4.90 Å². The van der Waals surface area contributed by atoms with E-state index in [1.165, 1.54) is 27.8 Å². The quantitative estimate of drug-likeness (QED) is 0.797. The largest absolute Gasteiger partial charge is 0.299 e. The fourth-order valence-electron chi connectivity index (χ4n) is 2.44. The average molecular weight is 247 g/mol. The molecule has 0 unspecified atom stereocenters. The number of carbonyl (C=O) groups is 1. The lowest BCUT2D eigenvalue weighted by Gasteiger charge is -2.19. The Morgan fingerprint density at radius 1 is 1.11 bits per heavy atom. The van der Waals surface area contributed by atoms with E-state index in [0.717, 1.165) is 13.0 Å². The van der Waals surface area contributed by atoms with Gasteiger partial charge in [0.2, 0.25) is 0 Å². The summed E-state index contributed by atoms with van der Waals surface area (Å²) in [6, 6.07) is 2.26. The number of ketones is 1. The van der Waals surface area contributed by atoms with Crippen LogP contribution in [-0.2, 0) is 11.2 Å². The van der Waals surface area contributed by atoms with Crippen molar-refractivity contribution in [3.8, 4) is 0 Å². The van der Waals surface area contributed by atoms with Crippen LogP contribution in [0.2, 0.25) is 0 Å². The van der Waals surface area contributed by atoms with E-state index in [1.54, 1.807) is 6.92 Å². The molecular weight excluding hydrogens is 222 g/mol. The molecule has 2 heteroatoms. The van der Waals surface area contributed by atoms with E-state index in [-0.39, 0.29) is 5.78 Å². The molecule has 0 bridgehead atoms. The first-order chi connectivity index (χ1) is 8.32. The monoisotopic (exact) mass is 247 g/mol. The highest BCUT2D eigenvalue weighted by Crippen LogP contribution is 2.22. The van der Waals surface area contributed by atoms with Crippen LogP contribution in [0.25, 0.3) is 0 Å². The van der Waals surface area contributed by atoms with E-state index < -0.39 is 0 Å². The van der Waals surface area contributed by atoms with Gasteiger partial charge in [0.1, 0.15) is 5.78 Å². The number of benzene rings is 1. The molecule has 0 atom stereocenters. The molecule has 0 aliphatic carbocycles. The zero-order valence-electron chi connectivity index (χ0n) is 12.6. The fourth-order valence-corrected chi connectivity index (χ4v) is 2.44. The zero-order chi connectivity index (χ0) is 13.9. The Morgan fingerprint density at radius 2 is 1.61 bits per heavy atom. The molecule has 1 rings (SSSR count). The highest BCUT2D eigenvalue weighted by Gasteiger charge is 2.09. The van der Waals surface area contributed by atoms with Gasteiger partial charge < -0.3 is 0 Å². The first-order valence-electron chi connectivity index (χ1n) is 6.57. The Hall–Kier alpha value is -1.15. The number of hydrogen-bond acceptors (Lipinski definition) is 2. The minimum Gasteiger partial charge on any atom is -0.299 e. The van der Waals surface area contributed by atoms with Gasteiger partial charge in [-0.1, -0.05) is 6.07 Å². The van der Waals surface area contributed by atoms with Crippen LogP contribution in [0.5, 0.6) is 0 Å². The standard InChI is InChI=1S/C16H25NO/c1-11-9-12(2)15(5)16(14(11)4)7-8-17(6)10-13(3)18/h9H,7-8,10H2,1-6H3. The van der Waals surface area contributed by atoms with Gasteiger partial charge in [-0.25, -0.2) is 0 Å². The van der Waals surface area contributed by atoms with Crippen molar-refractivity contribution in [2.45, 2.75) is 41.0 Å². The van der Waals surface area contributed by atoms with Crippen molar-refractivity contribution in [2.75, 3.05) is 20.1 Å². The first-order valence-corrected chi connectivity index (χ1v) is 6.57. The summed E-state index contributed by atoms with van der Waals surface area (Å²) in [5, 5.41) is 0. The van der Waals surface area contributed by atoms with Gasteiger partial charge in [-0.3, -0.25) is 9.69 Å². The van der Waals surface area contributed by atoms with Crippen LogP contribution in [-0.4, -0.2) is 30.8 Å². The Bertz CT molecular complexity index is 423. The van der Waals surface area contributed by atoms with Crippen molar-refractivity contribution in [1.29, 1.82) is 0 Å². The van der Waals surface area contributed by atoms with Gasteiger partial charge in [0.15, 0.2) is 0 Å². The van der Waals surface area contributed by atoms with Gasteiger partial charge in [0, 0.05) is 6.54 Å². The molecule has 18 heavy (non-hydrogen) atoms. The second-order valence-electron chi connectivity index (χ2n) is 5.43. The van der Waals surface area contributed by atoms with Crippen LogP contribution in [0.4, 0.5) is 0 Å². The lowest BCUT2D eigenvalue weighted by atomic mass is 9.92. The lowest BCUT2D eigenvalue weighted by Crippen LogP contribution is -2.27. The van der Waals surface area contributed by atoms with Gasteiger partial charge in [-0.2, -0.15) is 0 Å². The molecule has 1 aromatic rings. The Balaban J connectivity index is 2.82. The lowest BCUT2D eigenvalue weighted by molar-refractivity contribution is -0.117. The number of carbonyl (C=O) groups excluding carboxylic acids is 1. The van der Waals surface area contributed by atoms with Crippen LogP contribution in [0.15, 0.2) is 6.07 Å². The number of aryl methyl sites for hydroxylation is 2. The predicted octanol–water partition coefficient (Wildman–Crippen LogP) is 2.98. The molecule has 0 aliphatic rings. The smallest absolute Gasteiger partial charge is 0.143 e. The molecule has 100 valence electrons. The molecule has 0 fully saturated rings. The topological polar surface area (TPSA) is 20.3 Å². The second-order valence-corrected chi connectivity index (χ2v) is 5.43. The summed E-state index contributed by atoms with van der Waals surface area (Å²) in [6.07, 6.45) is 1.02. The molecule has 0 N–H and O–H groups in total. The van der Waals surface area contributed by atoms with E-state index in [2.05, 4.69) is 38.7 Å². The van der Waals surface area contributed by atoms with Gasteiger partial charge in [0.05, 0.1) is 6.54 Å². The summed E-state index contributed by atoms with van der Waals surface area (Å²) >= 11 is 0.